The first-order chi connectivity index (χ1) is 17.1. The average Bonchev–Trinajstić information content (AvgIpc) is 2.90. The first kappa shape index (κ1) is 22.9. The van der Waals surface area contributed by atoms with Crippen molar-refractivity contribution in [3.05, 3.63) is 87.8 Å². The molecule has 0 radical (unpaired) electrons. The zero-order valence-corrected chi connectivity index (χ0v) is 19.4. The Balaban J connectivity index is 1.52. The minimum absolute atomic E-state index is 0.0530. The molecule has 0 bridgehead atoms. The van der Waals surface area contributed by atoms with Crippen LogP contribution < -0.4 is 16.4 Å². The first-order valence-corrected chi connectivity index (χ1v) is 11.8. The molecule has 0 unspecified atom stereocenters. The number of aryl methyl sites for hydroxylation is 1. The van der Waals surface area contributed by atoms with Crippen molar-refractivity contribution in [2.45, 2.75) is 19.5 Å². The predicted molar refractivity (Wildman–Crippen MR) is 132 cm³/mol. The van der Waals surface area contributed by atoms with Crippen molar-refractivity contribution in [1.29, 1.82) is 5.41 Å². The maximum absolute atomic E-state index is 13.3. The number of ether oxygens (including phenoxy) is 1. The highest BCUT2D eigenvalue weighted by Crippen LogP contribution is 2.12. The van der Waals surface area contributed by atoms with Crippen LogP contribution in [0.4, 0.5) is 0 Å². The third-order valence-corrected chi connectivity index (χ3v) is 6.32. The number of benzene rings is 1. The highest BCUT2D eigenvalue weighted by Gasteiger charge is 2.18. The summed E-state index contributed by atoms with van der Waals surface area (Å²) in [6.45, 7) is 4.86. The molecular formula is C26H28N6O3. The van der Waals surface area contributed by atoms with Crippen LogP contribution in [0.5, 0.6) is 0 Å². The van der Waals surface area contributed by atoms with E-state index in [1.807, 2.05) is 36.4 Å². The molecule has 1 aliphatic heterocycles. The topological polar surface area (TPSA) is 105 Å². The van der Waals surface area contributed by atoms with E-state index in [0.717, 1.165) is 44.8 Å². The lowest BCUT2D eigenvalue weighted by Crippen LogP contribution is -2.38. The monoisotopic (exact) mass is 472 g/mol. The normalized spacial score (nSPS) is 14.4. The molecule has 3 aromatic heterocycles. The lowest BCUT2D eigenvalue weighted by atomic mass is 10.1. The van der Waals surface area contributed by atoms with Crippen LogP contribution in [-0.2, 0) is 17.8 Å². The molecule has 4 aromatic rings. The molecule has 5 rings (SSSR count). The van der Waals surface area contributed by atoms with Crippen molar-refractivity contribution in [2.75, 3.05) is 32.8 Å². The molecule has 4 heterocycles. The van der Waals surface area contributed by atoms with Gasteiger partial charge in [0.15, 0.2) is 0 Å². The number of nitrogens with zero attached hydrogens (tertiary/aromatic N) is 4. The Morgan fingerprint density at radius 3 is 2.63 bits per heavy atom. The molecular weight excluding hydrogens is 444 g/mol. The number of amides is 1. The summed E-state index contributed by atoms with van der Waals surface area (Å²) < 4.78 is 8.59. The molecule has 1 saturated heterocycles. The van der Waals surface area contributed by atoms with Crippen molar-refractivity contribution < 1.29 is 9.53 Å². The standard InChI is InChI=1S/C26H28N6O3/c27-23-20(25(33)28-18-19-7-2-1-3-8-19)17-21-24(29-22-9-4-5-11-31(22)26(21)34)32(23)12-6-10-30-13-15-35-16-14-30/h1-5,7-9,11,17,27H,6,10,12-16,18H2,(H,28,33). The van der Waals surface area contributed by atoms with Crippen molar-refractivity contribution in [3.8, 4) is 0 Å². The number of morpholine rings is 1. The number of pyridine rings is 2. The second kappa shape index (κ2) is 10.2. The van der Waals surface area contributed by atoms with Gasteiger partial charge in [-0.1, -0.05) is 36.4 Å². The second-order valence-electron chi connectivity index (χ2n) is 8.62. The van der Waals surface area contributed by atoms with Gasteiger partial charge in [-0.05, 0) is 30.2 Å². The van der Waals surface area contributed by atoms with Gasteiger partial charge in [0.05, 0.1) is 24.2 Å². The summed E-state index contributed by atoms with van der Waals surface area (Å²) in [6.07, 6.45) is 2.42. The van der Waals surface area contributed by atoms with E-state index in [4.69, 9.17) is 15.1 Å². The van der Waals surface area contributed by atoms with E-state index in [0.29, 0.717) is 29.8 Å². The van der Waals surface area contributed by atoms with Gasteiger partial charge in [-0.25, -0.2) is 4.98 Å². The van der Waals surface area contributed by atoms with Gasteiger partial charge in [0.25, 0.3) is 11.5 Å². The van der Waals surface area contributed by atoms with Crippen molar-refractivity contribution >= 4 is 22.6 Å². The third-order valence-electron chi connectivity index (χ3n) is 6.32. The fourth-order valence-corrected chi connectivity index (χ4v) is 4.43. The summed E-state index contributed by atoms with van der Waals surface area (Å²) >= 11 is 0. The molecule has 180 valence electrons. The second-order valence-corrected chi connectivity index (χ2v) is 8.62. The van der Waals surface area contributed by atoms with Crippen LogP contribution in [0, 0.1) is 5.41 Å². The van der Waals surface area contributed by atoms with Gasteiger partial charge < -0.3 is 14.6 Å². The summed E-state index contributed by atoms with van der Waals surface area (Å²) in [5, 5.41) is 12.1. The summed E-state index contributed by atoms with van der Waals surface area (Å²) in [5.41, 5.74) is 1.84. The first-order valence-electron chi connectivity index (χ1n) is 11.8. The largest absolute Gasteiger partial charge is 0.379 e. The van der Waals surface area contributed by atoms with Crippen LogP contribution in [-0.4, -0.2) is 57.6 Å². The molecule has 1 aromatic carbocycles. The van der Waals surface area contributed by atoms with E-state index in [1.54, 1.807) is 22.9 Å². The fraction of sp³-hybridized carbons (Fsp3) is 0.308. The quantitative estimate of drug-likeness (QED) is 0.399. The van der Waals surface area contributed by atoms with Gasteiger partial charge in [-0.2, -0.15) is 0 Å². The van der Waals surface area contributed by atoms with E-state index in [9.17, 15) is 9.59 Å². The van der Waals surface area contributed by atoms with Crippen LogP contribution in [0.25, 0.3) is 16.7 Å². The third kappa shape index (κ3) is 4.87. The molecule has 9 heteroatoms. The molecule has 0 aliphatic carbocycles. The number of rotatable bonds is 7. The SMILES string of the molecule is N=c1c(C(=O)NCc2ccccc2)cc2c(=O)n3ccccc3nc2n1CCCN1CCOCC1. The van der Waals surface area contributed by atoms with Crippen LogP contribution in [0.15, 0.2) is 65.6 Å². The maximum Gasteiger partial charge on any atom is 0.267 e. The molecule has 1 fully saturated rings. The van der Waals surface area contributed by atoms with Gasteiger partial charge in [-0.15, -0.1) is 0 Å². The Morgan fingerprint density at radius 2 is 1.83 bits per heavy atom. The average molecular weight is 473 g/mol. The van der Waals surface area contributed by atoms with Gasteiger partial charge in [0, 0.05) is 38.9 Å². The van der Waals surface area contributed by atoms with Gasteiger partial charge in [0.2, 0.25) is 0 Å². The van der Waals surface area contributed by atoms with Crippen LogP contribution in [0.2, 0.25) is 0 Å². The highest BCUT2D eigenvalue weighted by molar-refractivity contribution is 5.96. The Morgan fingerprint density at radius 1 is 1.06 bits per heavy atom. The number of nitrogens with one attached hydrogen (secondary N) is 2. The summed E-state index contributed by atoms with van der Waals surface area (Å²) in [5.74, 6) is -0.389. The number of hydrogen-bond acceptors (Lipinski definition) is 6. The van der Waals surface area contributed by atoms with E-state index in [2.05, 4.69) is 10.2 Å². The Hall–Kier alpha value is -3.82. The van der Waals surface area contributed by atoms with Crippen LogP contribution in [0.3, 0.4) is 0 Å². The minimum atomic E-state index is -0.389. The number of carbonyl (C=O) groups is 1. The van der Waals surface area contributed by atoms with E-state index >= 15 is 0 Å². The van der Waals surface area contributed by atoms with Crippen molar-refractivity contribution in [1.82, 2.24) is 24.2 Å². The zero-order valence-electron chi connectivity index (χ0n) is 19.4. The number of aromatic nitrogens is 3. The number of hydrogen-bond donors (Lipinski definition) is 2. The van der Waals surface area contributed by atoms with Gasteiger partial charge in [-0.3, -0.25) is 24.3 Å². The number of carbonyl (C=O) groups excluding carboxylic acids is 1. The molecule has 9 nitrogen and oxygen atoms in total. The highest BCUT2D eigenvalue weighted by atomic mass is 16.5. The molecule has 0 saturated carbocycles. The summed E-state index contributed by atoms with van der Waals surface area (Å²) in [6, 6.07) is 16.5. The van der Waals surface area contributed by atoms with E-state index in [1.165, 1.54) is 10.5 Å². The molecule has 0 atom stereocenters. The van der Waals surface area contributed by atoms with Crippen molar-refractivity contribution in [2.24, 2.45) is 0 Å². The minimum Gasteiger partial charge on any atom is -0.379 e. The van der Waals surface area contributed by atoms with E-state index < -0.39 is 0 Å². The molecule has 1 amide bonds. The Labute approximate surface area is 202 Å². The van der Waals surface area contributed by atoms with Gasteiger partial charge >= 0.3 is 0 Å². The lowest BCUT2D eigenvalue weighted by molar-refractivity contribution is 0.0369. The summed E-state index contributed by atoms with van der Waals surface area (Å²) in [4.78, 5) is 33.5. The fourth-order valence-electron chi connectivity index (χ4n) is 4.43. The molecule has 1 aliphatic rings. The van der Waals surface area contributed by atoms with E-state index in [-0.39, 0.29) is 22.5 Å². The maximum atomic E-state index is 13.3. The molecule has 35 heavy (non-hydrogen) atoms. The summed E-state index contributed by atoms with van der Waals surface area (Å²) in [7, 11) is 0. The molecule has 2 N–H and O–H groups in total. The van der Waals surface area contributed by atoms with Crippen LogP contribution in [0.1, 0.15) is 22.3 Å². The lowest BCUT2D eigenvalue weighted by Gasteiger charge is -2.26. The zero-order chi connectivity index (χ0) is 24.2. The predicted octanol–water partition coefficient (Wildman–Crippen LogP) is 1.78. The Bertz CT molecular complexity index is 1470. The van der Waals surface area contributed by atoms with Crippen LogP contribution >= 0.6 is 0 Å². The van der Waals surface area contributed by atoms with Gasteiger partial charge in [0.1, 0.15) is 16.8 Å². The smallest absolute Gasteiger partial charge is 0.267 e. The Kier molecular flexibility index (Phi) is 6.69. The molecule has 0 spiro atoms. The number of fused-ring (bicyclic) bond motifs is 2. The van der Waals surface area contributed by atoms with Crippen molar-refractivity contribution in [3.63, 3.8) is 0 Å².